The number of ether oxygens (including phenoxy) is 2. The van der Waals surface area contributed by atoms with Gasteiger partial charge in [0.15, 0.2) is 0 Å². The predicted molar refractivity (Wildman–Crippen MR) is 63.1 cm³/mol. The highest BCUT2D eigenvalue weighted by Gasteiger charge is 2.24. The molecule has 19 heavy (non-hydrogen) atoms. The van der Waals surface area contributed by atoms with Crippen LogP contribution in [0.5, 0.6) is 5.75 Å². The van der Waals surface area contributed by atoms with E-state index in [1.165, 1.54) is 6.07 Å². The fourth-order valence-corrected chi connectivity index (χ4v) is 1.86. The lowest BCUT2D eigenvalue weighted by atomic mass is 10.1. The largest absolute Gasteiger partial charge is 0.469 e. The van der Waals surface area contributed by atoms with Crippen LogP contribution in [0.4, 0.5) is 14.5 Å². The van der Waals surface area contributed by atoms with Crippen LogP contribution in [0, 0.1) is 10.1 Å². The number of esters is 1. The molecule has 0 aliphatic carbocycles. The van der Waals surface area contributed by atoms with Gasteiger partial charge in [-0.1, -0.05) is 6.07 Å². The molecule has 0 saturated heterocycles. The van der Waals surface area contributed by atoms with E-state index in [4.69, 9.17) is 0 Å². The Balaban J connectivity index is 3.24. The molecule has 0 atom stereocenters. The molecule has 6 nitrogen and oxygen atoms in total. The number of alkyl halides is 2. The van der Waals surface area contributed by atoms with E-state index in [1.807, 2.05) is 0 Å². The van der Waals surface area contributed by atoms with Crippen LogP contribution in [0.25, 0.3) is 0 Å². The molecule has 1 rings (SSSR count). The lowest BCUT2D eigenvalue weighted by Crippen LogP contribution is -2.09. The summed E-state index contributed by atoms with van der Waals surface area (Å²) < 4.78 is 33.0. The maximum Gasteiger partial charge on any atom is 0.387 e. The molecule has 0 bridgehead atoms. The van der Waals surface area contributed by atoms with Crippen LogP contribution in [-0.2, 0) is 16.0 Å². The molecule has 0 radical (unpaired) electrons. The zero-order chi connectivity index (χ0) is 14.6. The van der Waals surface area contributed by atoms with Gasteiger partial charge in [-0.15, -0.1) is 0 Å². The third-order valence-corrected chi connectivity index (χ3v) is 2.99. The number of rotatable bonds is 5. The molecule has 0 aromatic heterocycles. The lowest BCUT2D eigenvalue weighted by molar-refractivity contribution is -0.386. The number of hydrogen-bond acceptors (Lipinski definition) is 5. The van der Waals surface area contributed by atoms with Gasteiger partial charge in [-0.05, 0) is 21.5 Å². The zero-order valence-corrected chi connectivity index (χ0v) is 11.1. The molecule has 1 aromatic carbocycles. The summed E-state index contributed by atoms with van der Waals surface area (Å²) in [4.78, 5) is 21.0. The van der Waals surface area contributed by atoms with Crippen LogP contribution in [0.2, 0.25) is 0 Å². The summed E-state index contributed by atoms with van der Waals surface area (Å²) in [5.41, 5.74) is -0.381. The maximum absolute atomic E-state index is 12.2. The van der Waals surface area contributed by atoms with Crippen molar-refractivity contribution in [3.05, 3.63) is 32.3 Å². The SMILES string of the molecule is COC(=O)Cc1ccc([N+](=O)[O-])c(OC(F)F)c1Br. The van der Waals surface area contributed by atoms with Gasteiger partial charge in [0.2, 0.25) is 5.75 Å². The molecule has 9 heteroatoms. The van der Waals surface area contributed by atoms with E-state index in [0.717, 1.165) is 13.2 Å². The average molecular weight is 340 g/mol. The summed E-state index contributed by atoms with van der Waals surface area (Å²) >= 11 is 2.92. The van der Waals surface area contributed by atoms with E-state index < -0.39 is 28.9 Å². The Morgan fingerprint density at radius 3 is 2.63 bits per heavy atom. The van der Waals surface area contributed by atoms with Crippen molar-refractivity contribution in [2.24, 2.45) is 0 Å². The summed E-state index contributed by atoms with van der Waals surface area (Å²) in [6, 6.07) is 2.25. The van der Waals surface area contributed by atoms with Crippen molar-refractivity contribution in [1.82, 2.24) is 0 Å². The van der Waals surface area contributed by atoms with Gasteiger partial charge in [0, 0.05) is 6.07 Å². The number of halogens is 3. The number of nitro groups is 1. The third-order valence-electron chi connectivity index (χ3n) is 2.12. The first-order chi connectivity index (χ1) is 8.86. The molecule has 0 saturated carbocycles. The van der Waals surface area contributed by atoms with Crippen molar-refractivity contribution in [2.75, 3.05) is 7.11 Å². The van der Waals surface area contributed by atoms with Gasteiger partial charge in [-0.25, -0.2) is 0 Å². The van der Waals surface area contributed by atoms with E-state index in [9.17, 15) is 23.7 Å². The van der Waals surface area contributed by atoms with Crippen LogP contribution in [-0.4, -0.2) is 24.6 Å². The lowest BCUT2D eigenvalue weighted by Gasteiger charge is -2.10. The molecular weight excluding hydrogens is 332 g/mol. The minimum atomic E-state index is -3.22. The van der Waals surface area contributed by atoms with Crippen molar-refractivity contribution in [3.63, 3.8) is 0 Å². The Kier molecular flexibility index (Phi) is 5.16. The van der Waals surface area contributed by atoms with Crippen LogP contribution in [0.1, 0.15) is 5.56 Å². The van der Waals surface area contributed by atoms with Crippen LogP contribution >= 0.6 is 15.9 Å². The smallest absolute Gasteiger partial charge is 0.387 e. The number of nitro benzene ring substituents is 1. The van der Waals surface area contributed by atoms with Crippen molar-refractivity contribution in [1.29, 1.82) is 0 Å². The van der Waals surface area contributed by atoms with E-state index in [1.54, 1.807) is 0 Å². The van der Waals surface area contributed by atoms with Crippen molar-refractivity contribution >= 4 is 27.6 Å². The predicted octanol–water partition coefficient (Wildman–Crippen LogP) is 2.67. The van der Waals surface area contributed by atoms with Crippen molar-refractivity contribution in [2.45, 2.75) is 13.0 Å². The first-order valence-electron chi connectivity index (χ1n) is 4.84. The van der Waals surface area contributed by atoms with E-state index in [0.29, 0.717) is 0 Å². The maximum atomic E-state index is 12.2. The Labute approximate surface area is 114 Å². The highest BCUT2D eigenvalue weighted by atomic mass is 79.9. The topological polar surface area (TPSA) is 78.7 Å². The second-order valence-electron chi connectivity index (χ2n) is 3.28. The quantitative estimate of drug-likeness (QED) is 0.468. The Morgan fingerprint density at radius 2 is 2.16 bits per heavy atom. The monoisotopic (exact) mass is 339 g/mol. The Hall–Kier alpha value is -1.77. The minimum absolute atomic E-state index is 0.0765. The molecule has 0 spiro atoms. The van der Waals surface area contributed by atoms with Gasteiger partial charge in [0.05, 0.1) is 22.9 Å². The summed E-state index contributed by atoms with van der Waals surface area (Å²) in [5.74, 6) is -1.24. The Bertz CT molecular complexity index is 509. The van der Waals surface area contributed by atoms with Gasteiger partial charge >= 0.3 is 18.3 Å². The highest BCUT2D eigenvalue weighted by molar-refractivity contribution is 9.10. The molecule has 0 heterocycles. The van der Waals surface area contributed by atoms with Gasteiger partial charge in [0.25, 0.3) is 0 Å². The molecule has 1 aromatic rings. The normalized spacial score (nSPS) is 10.4. The minimum Gasteiger partial charge on any atom is -0.469 e. The molecule has 0 N–H and O–H groups in total. The van der Waals surface area contributed by atoms with E-state index >= 15 is 0 Å². The molecule has 0 fully saturated rings. The van der Waals surface area contributed by atoms with Gasteiger partial charge in [0.1, 0.15) is 0 Å². The first-order valence-corrected chi connectivity index (χ1v) is 5.63. The van der Waals surface area contributed by atoms with Crippen LogP contribution < -0.4 is 4.74 Å². The number of carbonyl (C=O) groups is 1. The number of nitrogens with zero attached hydrogens (tertiary/aromatic N) is 1. The Morgan fingerprint density at radius 1 is 1.53 bits per heavy atom. The average Bonchev–Trinajstić information content (AvgIpc) is 2.33. The molecule has 104 valence electrons. The summed E-state index contributed by atoms with van der Waals surface area (Å²) in [5, 5.41) is 10.7. The molecular formula is C10H8BrF2NO5. The van der Waals surface area contributed by atoms with Gasteiger partial charge in [-0.3, -0.25) is 14.9 Å². The second-order valence-corrected chi connectivity index (χ2v) is 4.07. The van der Waals surface area contributed by atoms with Crippen molar-refractivity contribution < 1.29 is 28.0 Å². The van der Waals surface area contributed by atoms with Crippen LogP contribution in [0.15, 0.2) is 16.6 Å². The molecule has 0 amide bonds. The number of benzene rings is 1. The number of hydrogen-bond donors (Lipinski definition) is 0. The second kappa shape index (κ2) is 6.41. The highest BCUT2D eigenvalue weighted by Crippen LogP contribution is 2.38. The molecule has 0 aliphatic rings. The fourth-order valence-electron chi connectivity index (χ4n) is 1.30. The van der Waals surface area contributed by atoms with E-state index in [-0.39, 0.29) is 16.5 Å². The summed E-state index contributed by atoms with van der Waals surface area (Å²) in [6.45, 7) is -3.22. The zero-order valence-electron chi connectivity index (χ0n) is 9.56. The standard InChI is InChI=1S/C10H8BrF2NO5/c1-18-7(15)4-5-2-3-6(14(16)17)9(8(5)11)19-10(12)13/h2-3,10H,4H2,1H3. The first kappa shape index (κ1) is 15.3. The molecule has 0 unspecified atom stereocenters. The van der Waals surface area contributed by atoms with Gasteiger partial charge in [-0.2, -0.15) is 8.78 Å². The fraction of sp³-hybridized carbons (Fsp3) is 0.300. The summed E-state index contributed by atoms with van der Waals surface area (Å²) in [6.07, 6.45) is -0.228. The van der Waals surface area contributed by atoms with E-state index in [2.05, 4.69) is 25.4 Å². The van der Waals surface area contributed by atoms with Crippen molar-refractivity contribution in [3.8, 4) is 5.75 Å². The summed E-state index contributed by atoms with van der Waals surface area (Å²) in [7, 11) is 1.16. The van der Waals surface area contributed by atoms with Gasteiger partial charge < -0.3 is 9.47 Å². The number of carbonyl (C=O) groups excluding carboxylic acids is 1. The number of methoxy groups -OCH3 is 1. The molecule has 0 aliphatic heterocycles. The third kappa shape index (κ3) is 3.85. The van der Waals surface area contributed by atoms with Crippen LogP contribution in [0.3, 0.4) is 0 Å².